The molecule has 0 bridgehead atoms. The van der Waals surface area contributed by atoms with Crippen LogP contribution in [0.3, 0.4) is 0 Å². The maximum Gasteiger partial charge on any atom is 0.387 e. The highest BCUT2D eigenvalue weighted by molar-refractivity contribution is 5.72. The highest BCUT2D eigenvalue weighted by Gasteiger charge is 2.39. The molecule has 92 valence electrons. The summed E-state index contributed by atoms with van der Waals surface area (Å²) in [7, 11) is 0. The molecule has 1 aliphatic heterocycles. The van der Waals surface area contributed by atoms with E-state index >= 15 is 0 Å². The molecule has 1 heterocycles. The second-order valence-electron chi connectivity index (χ2n) is 4.08. The number of alkyl halides is 2. The number of esters is 1. The first-order valence-corrected chi connectivity index (χ1v) is 5.27. The summed E-state index contributed by atoms with van der Waals surface area (Å²) in [6.07, 6.45) is 0.759. The molecule has 1 aliphatic rings. The van der Waals surface area contributed by atoms with Crippen LogP contribution in [0.15, 0.2) is 24.3 Å². The molecule has 2 rings (SSSR count). The van der Waals surface area contributed by atoms with Crippen LogP contribution in [0.2, 0.25) is 0 Å². The van der Waals surface area contributed by atoms with Crippen molar-refractivity contribution < 1.29 is 23.0 Å². The van der Waals surface area contributed by atoms with Gasteiger partial charge in [-0.15, -0.1) is 0 Å². The number of halogens is 2. The van der Waals surface area contributed by atoms with Crippen LogP contribution in [-0.2, 0) is 15.1 Å². The first kappa shape index (κ1) is 11.8. The van der Waals surface area contributed by atoms with E-state index in [0.717, 1.165) is 0 Å². The van der Waals surface area contributed by atoms with Crippen molar-refractivity contribution in [3.05, 3.63) is 29.8 Å². The Bertz CT molecular complexity index is 434. The predicted octanol–water partition coefficient (Wildman–Crippen LogP) is 2.84. The zero-order valence-electron chi connectivity index (χ0n) is 9.28. The molecule has 1 atom stereocenters. The number of carbonyl (C=O) groups excluding carboxylic acids is 1. The van der Waals surface area contributed by atoms with Crippen LogP contribution in [0.25, 0.3) is 0 Å². The van der Waals surface area contributed by atoms with E-state index in [4.69, 9.17) is 4.74 Å². The lowest BCUT2D eigenvalue weighted by Crippen LogP contribution is -2.22. The van der Waals surface area contributed by atoms with Gasteiger partial charge in [0, 0.05) is 18.4 Å². The number of carbonyl (C=O) groups is 1. The number of para-hydroxylation sites is 1. The highest BCUT2D eigenvalue weighted by Crippen LogP contribution is 2.41. The summed E-state index contributed by atoms with van der Waals surface area (Å²) in [5, 5.41) is 0. The Morgan fingerprint density at radius 3 is 2.71 bits per heavy atom. The van der Waals surface area contributed by atoms with E-state index in [2.05, 4.69) is 4.74 Å². The van der Waals surface area contributed by atoms with Crippen LogP contribution in [0.5, 0.6) is 5.75 Å². The molecule has 0 aliphatic carbocycles. The molecule has 0 N–H and O–H groups in total. The van der Waals surface area contributed by atoms with Crippen molar-refractivity contribution in [2.45, 2.75) is 32.0 Å². The van der Waals surface area contributed by atoms with Crippen molar-refractivity contribution in [3.63, 3.8) is 0 Å². The van der Waals surface area contributed by atoms with Gasteiger partial charge in [0.15, 0.2) is 0 Å². The summed E-state index contributed by atoms with van der Waals surface area (Å²) in [6.45, 7) is -1.19. The molecule has 0 saturated carbocycles. The Hall–Kier alpha value is -1.65. The van der Waals surface area contributed by atoms with Crippen molar-refractivity contribution >= 4 is 5.97 Å². The Kier molecular flexibility index (Phi) is 3.00. The van der Waals surface area contributed by atoms with E-state index in [9.17, 15) is 13.6 Å². The van der Waals surface area contributed by atoms with Crippen molar-refractivity contribution in [2.75, 3.05) is 0 Å². The van der Waals surface area contributed by atoms with Gasteiger partial charge >= 0.3 is 12.6 Å². The van der Waals surface area contributed by atoms with Gasteiger partial charge in [-0.1, -0.05) is 18.2 Å². The number of cyclic esters (lactones) is 1. The largest absolute Gasteiger partial charge is 0.454 e. The van der Waals surface area contributed by atoms with Gasteiger partial charge in [-0.25, -0.2) is 0 Å². The number of rotatable bonds is 3. The highest BCUT2D eigenvalue weighted by atomic mass is 19.3. The Morgan fingerprint density at radius 1 is 1.41 bits per heavy atom. The number of ether oxygens (including phenoxy) is 2. The van der Waals surface area contributed by atoms with Gasteiger partial charge in [-0.2, -0.15) is 8.78 Å². The lowest BCUT2D eigenvalue weighted by Gasteiger charge is -2.25. The topological polar surface area (TPSA) is 35.5 Å². The van der Waals surface area contributed by atoms with Gasteiger partial charge in [0.25, 0.3) is 0 Å². The molecule has 0 amide bonds. The molecule has 17 heavy (non-hydrogen) atoms. The molecular weight excluding hydrogens is 230 g/mol. The maximum atomic E-state index is 12.3. The van der Waals surface area contributed by atoms with Crippen molar-refractivity contribution in [1.29, 1.82) is 0 Å². The number of benzene rings is 1. The van der Waals surface area contributed by atoms with E-state index in [1.807, 2.05) is 0 Å². The molecule has 0 radical (unpaired) electrons. The minimum absolute atomic E-state index is 0.0553. The average Bonchev–Trinajstić information content (AvgIpc) is 2.59. The number of hydrogen-bond donors (Lipinski definition) is 0. The van der Waals surface area contributed by atoms with E-state index in [1.165, 1.54) is 6.07 Å². The fourth-order valence-electron chi connectivity index (χ4n) is 1.99. The van der Waals surface area contributed by atoms with Crippen LogP contribution in [0.1, 0.15) is 25.3 Å². The fraction of sp³-hybridized carbons (Fsp3) is 0.417. The molecule has 1 fully saturated rings. The monoisotopic (exact) mass is 242 g/mol. The summed E-state index contributed by atoms with van der Waals surface area (Å²) in [6, 6.07) is 6.38. The minimum Gasteiger partial charge on any atom is -0.454 e. The van der Waals surface area contributed by atoms with Gasteiger partial charge in [0.05, 0.1) is 0 Å². The standard InChI is InChI=1S/C12H12F2O3/c1-12(7-6-10(15)17-12)8-4-2-3-5-9(8)16-11(13)14/h2-5,11H,6-7H2,1H3. The smallest absolute Gasteiger partial charge is 0.387 e. The van der Waals surface area contributed by atoms with Crippen molar-refractivity contribution in [3.8, 4) is 5.75 Å². The summed E-state index contributed by atoms with van der Waals surface area (Å²) in [5.41, 5.74) is -0.395. The van der Waals surface area contributed by atoms with Crippen LogP contribution in [0, 0.1) is 0 Å². The van der Waals surface area contributed by atoms with Crippen molar-refractivity contribution in [1.82, 2.24) is 0 Å². The molecule has 1 saturated heterocycles. The molecule has 0 aromatic heterocycles. The fourth-order valence-corrected chi connectivity index (χ4v) is 1.99. The third kappa shape index (κ3) is 2.38. The molecule has 3 nitrogen and oxygen atoms in total. The van der Waals surface area contributed by atoms with E-state index in [-0.39, 0.29) is 11.7 Å². The number of hydrogen-bond acceptors (Lipinski definition) is 3. The lowest BCUT2D eigenvalue weighted by molar-refractivity contribution is -0.148. The van der Waals surface area contributed by atoms with E-state index in [0.29, 0.717) is 18.4 Å². The molecular formula is C12H12F2O3. The summed E-state index contributed by atoms with van der Waals surface area (Å²) < 4.78 is 34.1. The maximum absolute atomic E-state index is 12.3. The second-order valence-corrected chi connectivity index (χ2v) is 4.08. The third-order valence-corrected chi connectivity index (χ3v) is 2.82. The lowest BCUT2D eigenvalue weighted by atomic mass is 9.92. The molecule has 0 spiro atoms. The first-order chi connectivity index (χ1) is 8.01. The zero-order valence-corrected chi connectivity index (χ0v) is 9.28. The van der Waals surface area contributed by atoms with Crippen molar-refractivity contribution in [2.24, 2.45) is 0 Å². The quantitative estimate of drug-likeness (QED) is 0.764. The van der Waals surface area contributed by atoms with Crippen LogP contribution >= 0.6 is 0 Å². The van der Waals surface area contributed by atoms with Gasteiger partial charge in [-0.3, -0.25) is 4.79 Å². The van der Waals surface area contributed by atoms with E-state index in [1.54, 1.807) is 25.1 Å². The normalized spacial score (nSPS) is 23.9. The molecule has 1 aromatic rings. The second kappa shape index (κ2) is 4.31. The van der Waals surface area contributed by atoms with Gasteiger partial charge in [0.1, 0.15) is 11.4 Å². The predicted molar refractivity (Wildman–Crippen MR) is 55.8 cm³/mol. The molecule has 1 unspecified atom stereocenters. The van der Waals surface area contributed by atoms with E-state index < -0.39 is 12.2 Å². The summed E-state index contributed by atoms with van der Waals surface area (Å²) in [5.74, 6) is -0.265. The zero-order chi connectivity index (χ0) is 12.5. The Labute approximate surface area is 97.3 Å². The first-order valence-electron chi connectivity index (χ1n) is 5.27. The van der Waals surface area contributed by atoms with Gasteiger partial charge < -0.3 is 9.47 Å². The Balaban J connectivity index is 2.34. The average molecular weight is 242 g/mol. The summed E-state index contributed by atoms with van der Waals surface area (Å²) in [4.78, 5) is 11.2. The minimum atomic E-state index is -2.89. The SMILES string of the molecule is CC1(c2ccccc2OC(F)F)CCC(=O)O1. The molecule has 5 heteroatoms. The Morgan fingerprint density at radius 2 is 2.12 bits per heavy atom. The van der Waals surface area contributed by atoms with Gasteiger partial charge in [0.2, 0.25) is 0 Å². The molecule has 1 aromatic carbocycles. The van der Waals surface area contributed by atoms with Crippen LogP contribution < -0.4 is 4.74 Å². The van der Waals surface area contributed by atoms with Gasteiger partial charge in [-0.05, 0) is 13.0 Å². The van der Waals surface area contributed by atoms with Crippen LogP contribution in [0.4, 0.5) is 8.78 Å². The van der Waals surface area contributed by atoms with Crippen LogP contribution in [-0.4, -0.2) is 12.6 Å². The summed E-state index contributed by atoms with van der Waals surface area (Å²) >= 11 is 0. The third-order valence-electron chi connectivity index (χ3n) is 2.82.